The summed E-state index contributed by atoms with van der Waals surface area (Å²) < 4.78 is 9.80. The first-order valence-corrected chi connectivity index (χ1v) is 7.74. The number of rotatable bonds is 10. The van der Waals surface area contributed by atoms with E-state index in [4.69, 9.17) is 4.42 Å². The van der Waals surface area contributed by atoms with Gasteiger partial charge in [0, 0.05) is 13.1 Å². The van der Waals surface area contributed by atoms with Crippen LogP contribution in [0.2, 0.25) is 0 Å². The Balaban J connectivity index is 2.57. The average molecular weight is 310 g/mol. The summed E-state index contributed by atoms with van der Waals surface area (Å²) in [5.41, 5.74) is 0. The van der Waals surface area contributed by atoms with Crippen LogP contribution in [0.1, 0.15) is 37.2 Å². The maximum absolute atomic E-state index is 12.4. The summed E-state index contributed by atoms with van der Waals surface area (Å²) in [7, 11) is 1.35. The van der Waals surface area contributed by atoms with Crippen LogP contribution >= 0.6 is 0 Å². The Morgan fingerprint density at radius 2 is 1.91 bits per heavy atom. The SMILES string of the molecule is CCN(CC)CCCN(CCC(=O)OC)C(=O)c1ccco1. The van der Waals surface area contributed by atoms with Crippen molar-refractivity contribution < 1.29 is 18.7 Å². The second-order valence-electron chi connectivity index (χ2n) is 4.98. The van der Waals surface area contributed by atoms with Gasteiger partial charge in [0.05, 0.1) is 19.8 Å². The van der Waals surface area contributed by atoms with E-state index in [9.17, 15) is 9.59 Å². The van der Waals surface area contributed by atoms with Gasteiger partial charge in [0.25, 0.3) is 5.91 Å². The van der Waals surface area contributed by atoms with E-state index in [0.29, 0.717) is 18.8 Å². The number of ether oxygens (including phenoxy) is 1. The molecule has 0 aliphatic heterocycles. The number of methoxy groups -OCH3 is 1. The highest BCUT2D eigenvalue weighted by molar-refractivity contribution is 5.91. The number of nitrogens with zero attached hydrogens (tertiary/aromatic N) is 2. The molecule has 0 saturated heterocycles. The average Bonchev–Trinajstić information content (AvgIpc) is 3.07. The molecule has 1 aromatic heterocycles. The van der Waals surface area contributed by atoms with Crippen LogP contribution in [0, 0.1) is 0 Å². The first-order chi connectivity index (χ1) is 10.6. The molecule has 1 heterocycles. The Morgan fingerprint density at radius 1 is 1.18 bits per heavy atom. The number of furan rings is 1. The maximum Gasteiger partial charge on any atom is 0.307 e. The van der Waals surface area contributed by atoms with E-state index in [1.165, 1.54) is 13.4 Å². The molecule has 1 rings (SSSR count). The Bertz CT molecular complexity index is 441. The molecule has 0 fully saturated rings. The van der Waals surface area contributed by atoms with Gasteiger partial charge in [-0.1, -0.05) is 13.8 Å². The van der Waals surface area contributed by atoms with E-state index in [2.05, 4.69) is 23.5 Å². The van der Waals surface area contributed by atoms with Crippen molar-refractivity contribution >= 4 is 11.9 Å². The van der Waals surface area contributed by atoms with Gasteiger partial charge in [0.1, 0.15) is 0 Å². The molecule has 0 spiro atoms. The molecular formula is C16H26N2O4. The van der Waals surface area contributed by atoms with E-state index >= 15 is 0 Å². The number of amides is 1. The predicted molar refractivity (Wildman–Crippen MR) is 83.6 cm³/mol. The zero-order valence-electron chi connectivity index (χ0n) is 13.7. The number of carbonyl (C=O) groups is 2. The van der Waals surface area contributed by atoms with Gasteiger partial charge in [0.15, 0.2) is 5.76 Å². The highest BCUT2D eigenvalue weighted by Gasteiger charge is 2.19. The summed E-state index contributed by atoms with van der Waals surface area (Å²) in [5.74, 6) is -0.206. The molecule has 0 unspecified atom stereocenters. The number of esters is 1. The van der Waals surface area contributed by atoms with Gasteiger partial charge in [-0.25, -0.2) is 0 Å². The molecule has 22 heavy (non-hydrogen) atoms. The van der Waals surface area contributed by atoms with E-state index < -0.39 is 0 Å². The summed E-state index contributed by atoms with van der Waals surface area (Å²) in [6, 6.07) is 3.32. The Hall–Kier alpha value is -1.82. The molecule has 6 nitrogen and oxygen atoms in total. The molecule has 0 radical (unpaired) electrons. The molecule has 0 bridgehead atoms. The van der Waals surface area contributed by atoms with Gasteiger partial charge < -0.3 is 19.0 Å². The van der Waals surface area contributed by atoms with Crippen molar-refractivity contribution in [3.05, 3.63) is 24.2 Å². The monoisotopic (exact) mass is 310 g/mol. The summed E-state index contributed by atoms with van der Waals surface area (Å²) in [5, 5.41) is 0. The van der Waals surface area contributed by atoms with E-state index in [-0.39, 0.29) is 18.3 Å². The van der Waals surface area contributed by atoms with Crippen molar-refractivity contribution in [2.24, 2.45) is 0 Å². The summed E-state index contributed by atoms with van der Waals surface area (Å²) in [6.07, 6.45) is 2.52. The van der Waals surface area contributed by atoms with Gasteiger partial charge in [0.2, 0.25) is 0 Å². The van der Waals surface area contributed by atoms with Crippen molar-refractivity contribution in [2.45, 2.75) is 26.7 Å². The highest BCUT2D eigenvalue weighted by Crippen LogP contribution is 2.08. The van der Waals surface area contributed by atoms with Crippen molar-refractivity contribution in [1.82, 2.24) is 9.80 Å². The minimum absolute atomic E-state index is 0.187. The number of hydrogen-bond donors (Lipinski definition) is 0. The van der Waals surface area contributed by atoms with Crippen LogP contribution in [-0.4, -0.2) is 61.5 Å². The molecule has 1 amide bonds. The first-order valence-electron chi connectivity index (χ1n) is 7.74. The minimum atomic E-state index is -0.319. The Kier molecular flexibility index (Phi) is 8.28. The molecule has 1 aromatic rings. The van der Waals surface area contributed by atoms with Gasteiger partial charge in [-0.05, 0) is 38.2 Å². The highest BCUT2D eigenvalue weighted by atomic mass is 16.5. The Morgan fingerprint density at radius 3 is 2.45 bits per heavy atom. The number of hydrogen-bond acceptors (Lipinski definition) is 5. The fraction of sp³-hybridized carbons (Fsp3) is 0.625. The molecule has 6 heteroatoms. The van der Waals surface area contributed by atoms with Gasteiger partial charge in [-0.2, -0.15) is 0 Å². The van der Waals surface area contributed by atoms with E-state index in [1.54, 1.807) is 17.0 Å². The fourth-order valence-corrected chi connectivity index (χ4v) is 2.22. The molecule has 0 saturated carbocycles. The van der Waals surface area contributed by atoms with E-state index in [1.807, 2.05) is 0 Å². The van der Waals surface area contributed by atoms with Crippen LogP contribution in [0.3, 0.4) is 0 Å². The summed E-state index contributed by atoms with van der Waals surface area (Å²) in [4.78, 5) is 27.6. The third kappa shape index (κ3) is 5.89. The van der Waals surface area contributed by atoms with Gasteiger partial charge >= 0.3 is 5.97 Å². The largest absolute Gasteiger partial charge is 0.469 e. The second-order valence-corrected chi connectivity index (χ2v) is 4.98. The molecule has 0 atom stereocenters. The van der Waals surface area contributed by atoms with Gasteiger partial charge in [-0.15, -0.1) is 0 Å². The lowest BCUT2D eigenvalue weighted by Crippen LogP contribution is -2.36. The van der Waals surface area contributed by atoms with Crippen molar-refractivity contribution in [3.63, 3.8) is 0 Å². The normalized spacial score (nSPS) is 10.7. The zero-order valence-corrected chi connectivity index (χ0v) is 13.7. The topological polar surface area (TPSA) is 63.0 Å². The zero-order chi connectivity index (χ0) is 16.4. The lowest BCUT2D eigenvalue weighted by atomic mass is 10.2. The third-order valence-electron chi connectivity index (χ3n) is 3.63. The molecule has 0 N–H and O–H groups in total. The van der Waals surface area contributed by atoms with Gasteiger partial charge in [-0.3, -0.25) is 9.59 Å². The number of carbonyl (C=O) groups excluding carboxylic acids is 2. The Labute approximate surface area is 132 Å². The van der Waals surface area contributed by atoms with Crippen LogP contribution in [0.15, 0.2) is 22.8 Å². The quantitative estimate of drug-likeness (QED) is 0.619. The van der Waals surface area contributed by atoms with Crippen LogP contribution in [0.4, 0.5) is 0 Å². The summed E-state index contributed by atoms with van der Waals surface area (Å²) in [6.45, 7) is 8.07. The molecule has 0 aliphatic carbocycles. The fourth-order valence-electron chi connectivity index (χ4n) is 2.22. The van der Waals surface area contributed by atoms with Crippen molar-refractivity contribution in [3.8, 4) is 0 Å². The smallest absolute Gasteiger partial charge is 0.307 e. The van der Waals surface area contributed by atoms with Crippen LogP contribution in [0.25, 0.3) is 0 Å². The molecule has 0 aliphatic rings. The second kappa shape index (κ2) is 10.00. The van der Waals surface area contributed by atoms with Crippen molar-refractivity contribution in [2.75, 3.05) is 39.8 Å². The van der Waals surface area contributed by atoms with Crippen molar-refractivity contribution in [1.29, 1.82) is 0 Å². The lowest BCUT2D eigenvalue weighted by Gasteiger charge is -2.23. The maximum atomic E-state index is 12.4. The predicted octanol–water partition coefficient (Wildman–Crippen LogP) is 2.02. The molecule has 124 valence electrons. The van der Waals surface area contributed by atoms with Crippen LogP contribution in [0.5, 0.6) is 0 Å². The van der Waals surface area contributed by atoms with Crippen LogP contribution < -0.4 is 0 Å². The minimum Gasteiger partial charge on any atom is -0.469 e. The first kappa shape index (κ1) is 18.2. The lowest BCUT2D eigenvalue weighted by molar-refractivity contribution is -0.140. The third-order valence-corrected chi connectivity index (χ3v) is 3.63. The van der Waals surface area contributed by atoms with E-state index in [0.717, 1.165) is 26.1 Å². The molecule has 0 aromatic carbocycles. The molecular weight excluding hydrogens is 284 g/mol. The standard InChI is InChI=1S/C16H26N2O4/c1-4-17(5-2)10-7-11-18(12-9-15(19)21-3)16(20)14-8-6-13-22-14/h6,8,13H,4-5,7,9-12H2,1-3H3. The summed E-state index contributed by atoms with van der Waals surface area (Å²) >= 11 is 0. The van der Waals surface area contributed by atoms with Crippen LogP contribution in [-0.2, 0) is 9.53 Å².